The van der Waals surface area contributed by atoms with Crippen molar-refractivity contribution in [2.24, 2.45) is 5.41 Å². The topological polar surface area (TPSA) is 96.5 Å². The van der Waals surface area contributed by atoms with Gasteiger partial charge in [-0.1, -0.05) is 6.08 Å². The molecule has 0 aromatic heterocycles. The van der Waals surface area contributed by atoms with Gasteiger partial charge in [0, 0.05) is 31.2 Å². The van der Waals surface area contributed by atoms with Crippen molar-refractivity contribution in [2.75, 3.05) is 39.9 Å². The third kappa shape index (κ3) is 5.38. The van der Waals surface area contributed by atoms with Crippen LogP contribution in [0.15, 0.2) is 41.8 Å². The third-order valence-electron chi connectivity index (χ3n) is 4.58. The molecule has 1 heterocycles. The smallest absolute Gasteiger partial charge is 0.251 e. The molecule has 144 valence electrons. The van der Waals surface area contributed by atoms with E-state index in [1.165, 1.54) is 30.3 Å². The molecule has 0 unspecified atom stereocenters. The molecule has 1 aromatic carbocycles. The lowest BCUT2D eigenvalue weighted by atomic mass is 9.79. The minimum absolute atomic E-state index is 0.0620. The highest BCUT2D eigenvalue weighted by Gasteiger charge is 2.32. The summed E-state index contributed by atoms with van der Waals surface area (Å²) in [6.07, 6.45) is 3.34. The number of amides is 1. The van der Waals surface area contributed by atoms with Crippen LogP contribution in [-0.2, 0) is 14.8 Å². The van der Waals surface area contributed by atoms with Gasteiger partial charge < -0.3 is 15.4 Å². The first-order chi connectivity index (χ1) is 12.4. The fourth-order valence-corrected chi connectivity index (χ4v) is 4.04. The Morgan fingerprint density at radius 2 is 1.96 bits per heavy atom. The van der Waals surface area contributed by atoms with Crippen molar-refractivity contribution in [1.29, 1.82) is 0 Å². The van der Waals surface area contributed by atoms with Crippen LogP contribution in [0.4, 0.5) is 0 Å². The zero-order valence-corrected chi connectivity index (χ0v) is 15.9. The van der Waals surface area contributed by atoms with E-state index < -0.39 is 10.0 Å². The molecule has 0 atom stereocenters. The van der Waals surface area contributed by atoms with Gasteiger partial charge in [0.2, 0.25) is 10.0 Å². The van der Waals surface area contributed by atoms with Gasteiger partial charge in [-0.15, -0.1) is 6.58 Å². The standard InChI is InChI=1S/C18H27N3O4S/c1-3-10-21-26(23,24)16-6-4-15(5-7-16)17(22)20-13-18(14-25-2)8-11-19-12-9-18/h3-7,19,21H,1,8-14H2,2H3,(H,20,22). The first-order valence-corrected chi connectivity index (χ1v) is 10.1. The van der Waals surface area contributed by atoms with E-state index in [1.54, 1.807) is 7.11 Å². The van der Waals surface area contributed by atoms with Crippen LogP contribution < -0.4 is 15.4 Å². The van der Waals surface area contributed by atoms with Crippen LogP contribution in [-0.4, -0.2) is 54.2 Å². The molecule has 1 fully saturated rings. The largest absolute Gasteiger partial charge is 0.384 e. The summed E-state index contributed by atoms with van der Waals surface area (Å²) < 4.78 is 31.8. The molecule has 26 heavy (non-hydrogen) atoms. The number of nitrogens with one attached hydrogen (secondary N) is 3. The maximum atomic E-state index is 12.4. The van der Waals surface area contributed by atoms with E-state index in [-0.39, 0.29) is 22.8 Å². The Balaban J connectivity index is 2.00. The molecule has 1 aromatic rings. The number of methoxy groups -OCH3 is 1. The third-order valence-corrected chi connectivity index (χ3v) is 6.02. The maximum absolute atomic E-state index is 12.4. The minimum atomic E-state index is -3.59. The highest BCUT2D eigenvalue weighted by Crippen LogP contribution is 2.28. The predicted octanol–water partition coefficient (Wildman–Crippen LogP) is 0.897. The van der Waals surface area contributed by atoms with E-state index in [0.717, 1.165) is 25.9 Å². The van der Waals surface area contributed by atoms with Crippen LogP contribution in [0.25, 0.3) is 0 Å². The molecular formula is C18H27N3O4S. The molecule has 0 saturated carbocycles. The molecule has 1 aliphatic heterocycles. The Morgan fingerprint density at radius 1 is 1.31 bits per heavy atom. The van der Waals surface area contributed by atoms with Crippen molar-refractivity contribution >= 4 is 15.9 Å². The second-order valence-electron chi connectivity index (χ2n) is 6.53. The number of benzene rings is 1. The highest BCUT2D eigenvalue weighted by molar-refractivity contribution is 7.89. The first kappa shape index (κ1) is 20.6. The summed E-state index contributed by atoms with van der Waals surface area (Å²) in [5, 5.41) is 6.28. The number of hydrogen-bond acceptors (Lipinski definition) is 5. The molecule has 1 saturated heterocycles. The van der Waals surface area contributed by atoms with E-state index in [1.807, 2.05) is 0 Å². The molecular weight excluding hydrogens is 354 g/mol. The fraction of sp³-hybridized carbons (Fsp3) is 0.500. The normalized spacial score (nSPS) is 16.8. The van der Waals surface area contributed by atoms with Crippen molar-refractivity contribution in [3.8, 4) is 0 Å². The molecule has 2 rings (SSSR count). The fourth-order valence-electron chi connectivity index (χ4n) is 3.04. The van der Waals surface area contributed by atoms with Gasteiger partial charge in [-0.3, -0.25) is 4.79 Å². The zero-order chi connectivity index (χ0) is 19.0. The Bertz CT molecular complexity index is 705. The molecule has 1 amide bonds. The Hall–Kier alpha value is -1.74. The monoisotopic (exact) mass is 381 g/mol. The number of hydrogen-bond donors (Lipinski definition) is 3. The molecule has 0 radical (unpaired) electrons. The summed E-state index contributed by atoms with van der Waals surface area (Å²) in [6.45, 7) is 6.57. The van der Waals surface area contributed by atoms with Gasteiger partial charge in [0.25, 0.3) is 5.91 Å². The number of piperidine rings is 1. The van der Waals surface area contributed by atoms with Gasteiger partial charge in [-0.05, 0) is 50.2 Å². The number of sulfonamides is 1. The van der Waals surface area contributed by atoms with Crippen LogP contribution in [0.2, 0.25) is 0 Å². The van der Waals surface area contributed by atoms with Crippen LogP contribution in [0, 0.1) is 5.41 Å². The van der Waals surface area contributed by atoms with Gasteiger partial charge in [0.15, 0.2) is 0 Å². The number of carbonyl (C=O) groups is 1. The molecule has 0 spiro atoms. The summed E-state index contributed by atoms with van der Waals surface area (Å²) >= 11 is 0. The van der Waals surface area contributed by atoms with Crippen molar-refractivity contribution in [3.63, 3.8) is 0 Å². The Labute approximate surface area is 155 Å². The van der Waals surface area contributed by atoms with Gasteiger partial charge in [0.1, 0.15) is 0 Å². The van der Waals surface area contributed by atoms with E-state index in [0.29, 0.717) is 18.7 Å². The quantitative estimate of drug-likeness (QED) is 0.552. The average molecular weight is 381 g/mol. The molecule has 3 N–H and O–H groups in total. The second-order valence-corrected chi connectivity index (χ2v) is 8.30. The molecule has 8 heteroatoms. The summed E-state index contributed by atoms with van der Waals surface area (Å²) in [4.78, 5) is 12.5. The van der Waals surface area contributed by atoms with E-state index in [9.17, 15) is 13.2 Å². The van der Waals surface area contributed by atoms with Gasteiger partial charge in [-0.25, -0.2) is 13.1 Å². The molecule has 1 aliphatic rings. The average Bonchev–Trinajstić information content (AvgIpc) is 2.66. The number of carbonyl (C=O) groups excluding carboxylic acids is 1. The molecule has 0 bridgehead atoms. The van der Waals surface area contributed by atoms with E-state index in [2.05, 4.69) is 21.9 Å². The molecule has 7 nitrogen and oxygen atoms in total. The lowest BCUT2D eigenvalue weighted by molar-refractivity contribution is 0.0511. The predicted molar refractivity (Wildman–Crippen MR) is 101 cm³/mol. The van der Waals surface area contributed by atoms with Crippen LogP contribution in [0.1, 0.15) is 23.2 Å². The van der Waals surface area contributed by atoms with E-state index in [4.69, 9.17) is 4.74 Å². The lowest BCUT2D eigenvalue weighted by Crippen LogP contribution is -2.47. The Kier molecular flexibility index (Phi) is 7.33. The zero-order valence-electron chi connectivity index (χ0n) is 15.1. The maximum Gasteiger partial charge on any atom is 0.251 e. The van der Waals surface area contributed by atoms with Gasteiger partial charge in [-0.2, -0.15) is 0 Å². The number of ether oxygens (including phenoxy) is 1. The summed E-state index contributed by atoms with van der Waals surface area (Å²) in [7, 11) is -1.92. The SMILES string of the molecule is C=CCNS(=O)(=O)c1ccc(C(=O)NCC2(COC)CCNCC2)cc1. The number of rotatable bonds is 9. The summed E-state index contributed by atoms with van der Waals surface area (Å²) in [5.74, 6) is -0.220. The van der Waals surface area contributed by atoms with Gasteiger partial charge >= 0.3 is 0 Å². The highest BCUT2D eigenvalue weighted by atomic mass is 32.2. The van der Waals surface area contributed by atoms with E-state index >= 15 is 0 Å². The van der Waals surface area contributed by atoms with Crippen molar-refractivity contribution in [2.45, 2.75) is 17.7 Å². The summed E-state index contributed by atoms with van der Waals surface area (Å²) in [6, 6.07) is 5.89. The van der Waals surface area contributed by atoms with Crippen molar-refractivity contribution < 1.29 is 17.9 Å². The second kappa shape index (κ2) is 9.27. The summed E-state index contributed by atoms with van der Waals surface area (Å²) in [5.41, 5.74) is 0.363. The van der Waals surface area contributed by atoms with Crippen LogP contribution in [0.5, 0.6) is 0 Å². The van der Waals surface area contributed by atoms with Gasteiger partial charge in [0.05, 0.1) is 11.5 Å². The first-order valence-electron chi connectivity index (χ1n) is 8.61. The molecule has 0 aliphatic carbocycles. The van der Waals surface area contributed by atoms with Crippen LogP contribution in [0.3, 0.4) is 0 Å². The van der Waals surface area contributed by atoms with Crippen LogP contribution >= 0.6 is 0 Å². The Morgan fingerprint density at radius 3 is 2.54 bits per heavy atom. The minimum Gasteiger partial charge on any atom is -0.384 e. The lowest BCUT2D eigenvalue weighted by Gasteiger charge is -2.37. The van der Waals surface area contributed by atoms with Crippen molar-refractivity contribution in [1.82, 2.24) is 15.4 Å². The van der Waals surface area contributed by atoms with Crippen molar-refractivity contribution in [3.05, 3.63) is 42.5 Å².